The van der Waals surface area contributed by atoms with E-state index in [0.717, 1.165) is 12.1 Å². The first kappa shape index (κ1) is 14.8. The summed E-state index contributed by atoms with van der Waals surface area (Å²) in [6, 6.07) is 1.75. The maximum absolute atomic E-state index is 2.81. The fraction of sp³-hybridized carbons (Fsp3) is 1.00. The van der Waals surface area contributed by atoms with Crippen LogP contribution in [0.3, 0.4) is 0 Å². The number of likely N-dealkylation sites (tertiary alicyclic amines) is 3. The highest BCUT2D eigenvalue weighted by Crippen LogP contribution is 2.24. The summed E-state index contributed by atoms with van der Waals surface area (Å²) in [6.07, 6.45) is 10.0. The molecule has 20 heavy (non-hydrogen) atoms. The standard InChI is InChI=1S/C17H33N3/c1-2-18-10-6-7-17(15-18)20-13-8-16(9-14-20)19-11-4-3-5-12-19/h16-17H,2-15H2,1H3. The van der Waals surface area contributed by atoms with E-state index < -0.39 is 0 Å². The van der Waals surface area contributed by atoms with Crippen LogP contribution in [-0.2, 0) is 0 Å². The van der Waals surface area contributed by atoms with Crippen LogP contribution in [-0.4, -0.2) is 72.6 Å². The average molecular weight is 279 g/mol. The Kier molecular flexibility index (Phi) is 5.36. The maximum atomic E-state index is 2.81. The van der Waals surface area contributed by atoms with Gasteiger partial charge in [0.1, 0.15) is 0 Å². The monoisotopic (exact) mass is 279 g/mol. The lowest BCUT2D eigenvalue weighted by Crippen LogP contribution is -2.53. The quantitative estimate of drug-likeness (QED) is 0.785. The van der Waals surface area contributed by atoms with Crippen molar-refractivity contribution < 1.29 is 0 Å². The molecule has 0 aliphatic carbocycles. The second-order valence-electron chi connectivity index (χ2n) is 7.05. The molecule has 0 amide bonds. The Morgan fingerprint density at radius 3 is 2.10 bits per heavy atom. The minimum absolute atomic E-state index is 0.853. The van der Waals surface area contributed by atoms with Gasteiger partial charge in [0.2, 0.25) is 0 Å². The van der Waals surface area contributed by atoms with Crippen LogP contribution < -0.4 is 0 Å². The number of piperidine rings is 3. The fourth-order valence-electron chi connectivity index (χ4n) is 4.52. The van der Waals surface area contributed by atoms with Crippen molar-refractivity contribution in [2.45, 2.75) is 64.0 Å². The van der Waals surface area contributed by atoms with Crippen LogP contribution in [0.25, 0.3) is 0 Å². The number of nitrogens with zero attached hydrogens (tertiary/aromatic N) is 3. The molecule has 0 aromatic rings. The lowest BCUT2D eigenvalue weighted by molar-refractivity contribution is 0.0444. The molecule has 3 rings (SSSR count). The smallest absolute Gasteiger partial charge is 0.0223 e. The molecule has 3 aliphatic rings. The summed E-state index contributed by atoms with van der Waals surface area (Å²) in [5.41, 5.74) is 0. The van der Waals surface area contributed by atoms with Crippen LogP contribution in [0.15, 0.2) is 0 Å². The number of hydrogen-bond acceptors (Lipinski definition) is 3. The maximum Gasteiger partial charge on any atom is 0.0223 e. The third kappa shape index (κ3) is 3.55. The first-order valence-corrected chi connectivity index (χ1v) is 9.07. The Bertz CT molecular complexity index is 280. The number of hydrogen-bond donors (Lipinski definition) is 0. The van der Waals surface area contributed by atoms with Gasteiger partial charge >= 0.3 is 0 Å². The normalized spacial score (nSPS) is 32.5. The second-order valence-corrected chi connectivity index (χ2v) is 7.05. The van der Waals surface area contributed by atoms with Crippen molar-refractivity contribution in [1.82, 2.24) is 14.7 Å². The highest BCUT2D eigenvalue weighted by Gasteiger charge is 2.30. The Morgan fingerprint density at radius 1 is 0.700 bits per heavy atom. The SMILES string of the molecule is CCN1CCCC(N2CCC(N3CCCCC3)CC2)C1. The lowest BCUT2D eigenvalue weighted by Gasteiger charge is -2.45. The Labute approximate surface area is 125 Å². The van der Waals surface area contributed by atoms with Gasteiger partial charge in [-0.1, -0.05) is 13.3 Å². The van der Waals surface area contributed by atoms with Crippen molar-refractivity contribution >= 4 is 0 Å². The molecule has 3 saturated heterocycles. The molecule has 1 atom stereocenters. The zero-order chi connectivity index (χ0) is 13.8. The fourth-order valence-corrected chi connectivity index (χ4v) is 4.52. The molecule has 0 radical (unpaired) electrons. The molecule has 3 heteroatoms. The van der Waals surface area contributed by atoms with Crippen LogP contribution in [0, 0.1) is 0 Å². The van der Waals surface area contributed by atoms with Crippen LogP contribution in [0.1, 0.15) is 51.9 Å². The van der Waals surface area contributed by atoms with E-state index in [1.54, 1.807) is 0 Å². The Morgan fingerprint density at radius 2 is 1.40 bits per heavy atom. The Balaban J connectivity index is 1.45. The van der Waals surface area contributed by atoms with Gasteiger partial charge in [0.05, 0.1) is 0 Å². The van der Waals surface area contributed by atoms with Crippen molar-refractivity contribution in [3.63, 3.8) is 0 Å². The highest BCUT2D eigenvalue weighted by atomic mass is 15.3. The average Bonchev–Trinajstić information content (AvgIpc) is 2.56. The first-order chi connectivity index (χ1) is 9.86. The summed E-state index contributed by atoms with van der Waals surface area (Å²) >= 11 is 0. The molecule has 0 bridgehead atoms. The van der Waals surface area contributed by atoms with Gasteiger partial charge in [0, 0.05) is 18.6 Å². The predicted octanol–water partition coefficient (Wildman–Crippen LogP) is 2.42. The molecular formula is C17H33N3. The molecule has 1 unspecified atom stereocenters. The minimum atomic E-state index is 0.853. The van der Waals surface area contributed by atoms with Gasteiger partial charge in [0.25, 0.3) is 0 Å². The molecule has 0 spiro atoms. The van der Waals surface area contributed by atoms with E-state index in [-0.39, 0.29) is 0 Å². The molecule has 0 saturated carbocycles. The summed E-state index contributed by atoms with van der Waals surface area (Å²) in [5.74, 6) is 0. The highest BCUT2D eigenvalue weighted by molar-refractivity contribution is 4.87. The molecule has 0 aromatic carbocycles. The van der Waals surface area contributed by atoms with Crippen LogP contribution in [0.4, 0.5) is 0 Å². The molecule has 3 heterocycles. The van der Waals surface area contributed by atoms with Crippen LogP contribution in [0.5, 0.6) is 0 Å². The molecule has 3 nitrogen and oxygen atoms in total. The summed E-state index contributed by atoms with van der Waals surface area (Å²) in [5, 5.41) is 0. The van der Waals surface area contributed by atoms with Gasteiger partial charge in [-0.15, -0.1) is 0 Å². The van der Waals surface area contributed by atoms with Crippen molar-refractivity contribution in [1.29, 1.82) is 0 Å². The van der Waals surface area contributed by atoms with Crippen LogP contribution in [0.2, 0.25) is 0 Å². The Hall–Kier alpha value is -0.120. The van der Waals surface area contributed by atoms with Gasteiger partial charge in [0.15, 0.2) is 0 Å². The molecule has 3 aliphatic heterocycles. The van der Waals surface area contributed by atoms with E-state index in [1.165, 1.54) is 90.8 Å². The molecule has 0 aromatic heterocycles. The third-order valence-electron chi connectivity index (χ3n) is 5.85. The van der Waals surface area contributed by atoms with E-state index in [9.17, 15) is 0 Å². The van der Waals surface area contributed by atoms with E-state index in [0.29, 0.717) is 0 Å². The largest absolute Gasteiger partial charge is 0.302 e. The van der Waals surface area contributed by atoms with Crippen molar-refractivity contribution in [3.8, 4) is 0 Å². The third-order valence-corrected chi connectivity index (χ3v) is 5.85. The van der Waals surface area contributed by atoms with Crippen molar-refractivity contribution in [2.24, 2.45) is 0 Å². The zero-order valence-electron chi connectivity index (χ0n) is 13.4. The summed E-state index contributed by atoms with van der Waals surface area (Å²) in [7, 11) is 0. The molecule has 0 N–H and O–H groups in total. The van der Waals surface area contributed by atoms with E-state index in [1.807, 2.05) is 0 Å². The van der Waals surface area contributed by atoms with Gasteiger partial charge in [-0.3, -0.25) is 4.90 Å². The van der Waals surface area contributed by atoms with Gasteiger partial charge in [-0.05, 0) is 77.8 Å². The molecular weight excluding hydrogens is 246 g/mol. The molecule has 3 fully saturated rings. The van der Waals surface area contributed by atoms with E-state index in [2.05, 4.69) is 21.6 Å². The van der Waals surface area contributed by atoms with Gasteiger partial charge in [-0.2, -0.15) is 0 Å². The summed E-state index contributed by atoms with van der Waals surface area (Å²) in [4.78, 5) is 8.24. The summed E-state index contributed by atoms with van der Waals surface area (Å²) in [6.45, 7) is 11.6. The number of likely N-dealkylation sites (N-methyl/N-ethyl adjacent to an activating group) is 1. The summed E-state index contributed by atoms with van der Waals surface area (Å²) < 4.78 is 0. The van der Waals surface area contributed by atoms with E-state index in [4.69, 9.17) is 0 Å². The lowest BCUT2D eigenvalue weighted by atomic mass is 9.96. The molecule has 116 valence electrons. The van der Waals surface area contributed by atoms with Crippen molar-refractivity contribution in [3.05, 3.63) is 0 Å². The minimum Gasteiger partial charge on any atom is -0.302 e. The zero-order valence-corrected chi connectivity index (χ0v) is 13.4. The van der Waals surface area contributed by atoms with Crippen molar-refractivity contribution in [2.75, 3.05) is 45.8 Å². The van der Waals surface area contributed by atoms with Crippen LogP contribution >= 0.6 is 0 Å². The van der Waals surface area contributed by atoms with Gasteiger partial charge < -0.3 is 9.80 Å². The number of rotatable bonds is 3. The van der Waals surface area contributed by atoms with Gasteiger partial charge in [-0.25, -0.2) is 0 Å². The second kappa shape index (κ2) is 7.24. The first-order valence-electron chi connectivity index (χ1n) is 9.07. The van der Waals surface area contributed by atoms with E-state index >= 15 is 0 Å². The predicted molar refractivity (Wildman–Crippen MR) is 85.2 cm³/mol. The topological polar surface area (TPSA) is 9.72 Å².